The highest BCUT2D eigenvalue weighted by Crippen LogP contribution is 2.14. The monoisotopic (exact) mass is 821 g/mol. The summed E-state index contributed by atoms with van der Waals surface area (Å²) < 4.78 is 23.9. The molecule has 0 aliphatic rings. The summed E-state index contributed by atoms with van der Waals surface area (Å²) in [5.41, 5.74) is 0. The Hall–Kier alpha value is -3.03. The summed E-state index contributed by atoms with van der Waals surface area (Å²) in [5, 5.41) is 28.7. The molecule has 1 unspecified atom stereocenters. The topological polar surface area (TPSA) is 240 Å². The lowest BCUT2D eigenvalue weighted by atomic mass is 10.0. The van der Waals surface area contributed by atoms with Crippen LogP contribution in [0.3, 0.4) is 0 Å². The second-order valence-corrected chi connectivity index (χ2v) is 13.8. The number of nitrogens with one attached hydrogen (secondary N) is 5. The number of thiol groups is 1. The molecule has 7 N–H and O–H groups in total. The second-order valence-electron chi connectivity index (χ2n) is 13.5. The highest BCUT2D eigenvalue weighted by Gasteiger charge is 2.20. The van der Waals surface area contributed by atoms with E-state index in [1.54, 1.807) is 0 Å². The summed E-state index contributed by atoms with van der Waals surface area (Å²) in [6.07, 6.45) is 16.3. The molecule has 17 nitrogen and oxygen atoms in total. The number of hydrogen-bond donors (Lipinski definition) is 8. The Morgan fingerprint density at radius 2 is 0.875 bits per heavy atom. The fraction of sp³-hybridized carbons (Fsp3) is 0.842. The molecule has 0 aromatic heterocycles. The number of carboxylic acids is 2. The van der Waals surface area contributed by atoms with Gasteiger partial charge in [0.1, 0.15) is 19.3 Å². The number of carbonyl (C=O) groups excluding carboxylic acids is 4. The van der Waals surface area contributed by atoms with Crippen LogP contribution in [0.2, 0.25) is 0 Å². The van der Waals surface area contributed by atoms with Crippen molar-refractivity contribution < 1.29 is 57.9 Å². The molecule has 56 heavy (non-hydrogen) atoms. The first-order chi connectivity index (χ1) is 27.1. The maximum atomic E-state index is 12.3. The smallest absolute Gasteiger partial charge is 0.326 e. The minimum atomic E-state index is -1.18. The summed E-state index contributed by atoms with van der Waals surface area (Å²) in [5.74, 6) is -3.07. The van der Waals surface area contributed by atoms with Gasteiger partial charge in [0.05, 0.1) is 39.6 Å². The molecule has 0 heterocycles. The molecular weight excluding hydrogens is 751 g/mol. The molecule has 0 rings (SSSR count). The van der Waals surface area contributed by atoms with Crippen molar-refractivity contribution in [3.63, 3.8) is 0 Å². The van der Waals surface area contributed by atoms with E-state index in [0.29, 0.717) is 26.1 Å². The minimum absolute atomic E-state index is 0.0206. The van der Waals surface area contributed by atoms with Crippen LogP contribution in [0.25, 0.3) is 0 Å². The Labute approximate surface area is 338 Å². The van der Waals surface area contributed by atoms with Gasteiger partial charge < -0.3 is 50.4 Å². The minimum Gasteiger partial charge on any atom is -0.481 e. The second kappa shape index (κ2) is 40.2. The van der Waals surface area contributed by atoms with Gasteiger partial charge in [0, 0.05) is 45.4 Å². The molecule has 0 bridgehead atoms. The van der Waals surface area contributed by atoms with Crippen LogP contribution in [0.5, 0.6) is 0 Å². The fourth-order valence-corrected chi connectivity index (χ4v) is 5.52. The molecule has 4 amide bonds. The Balaban J connectivity index is 3.65. The van der Waals surface area contributed by atoms with Crippen LogP contribution in [-0.2, 0) is 47.7 Å². The number of hydrogen-bond acceptors (Lipinski definition) is 12. The van der Waals surface area contributed by atoms with E-state index in [4.69, 9.17) is 24.1 Å². The quantitative estimate of drug-likeness (QED) is 0.0327. The zero-order valence-electron chi connectivity index (χ0n) is 33.4. The molecular formula is C38H71N5O12S. The Morgan fingerprint density at radius 3 is 1.34 bits per heavy atom. The van der Waals surface area contributed by atoms with Crippen LogP contribution in [-0.4, -0.2) is 131 Å². The van der Waals surface area contributed by atoms with Crippen molar-refractivity contribution in [1.82, 2.24) is 26.0 Å². The number of ether oxygens (including phenoxy) is 4. The van der Waals surface area contributed by atoms with Crippen LogP contribution in [0, 0.1) is 0 Å². The standard InChI is InChI=1S/C38H71N5O12S/c44-33(40-22-24-52-26-29-55-31-36(47)41-23-25-53-27-28-54-30-35(46)39-20-15-21-42-56)19-18-32(38(50)51)43-34(45)16-13-11-9-7-5-3-1-2-4-6-8-10-12-14-17-37(48)49/h32,42,56H,1-31H2,(H,39,46)(H,40,44)(H,41,47)(H,43,45)(H,48,49)(H,50,51). The van der Waals surface area contributed by atoms with Gasteiger partial charge in [-0.1, -0.05) is 89.9 Å². The molecule has 0 saturated carbocycles. The highest BCUT2D eigenvalue weighted by atomic mass is 32.1. The van der Waals surface area contributed by atoms with Crippen LogP contribution in [0.4, 0.5) is 0 Å². The summed E-state index contributed by atoms with van der Waals surface area (Å²) in [6.45, 7) is 2.98. The van der Waals surface area contributed by atoms with Crippen molar-refractivity contribution in [2.75, 3.05) is 79.0 Å². The molecule has 0 aliphatic heterocycles. The summed E-state index contributed by atoms with van der Waals surface area (Å²) in [6, 6.07) is -1.13. The third-order valence-electron chi connectivity index (χ3n) is 8.47. The lowest BCUT2D eigenvalue weighted by Crippen LogP contribution is -2.41. The van der Waals surface area contributed by atoms with Crippen molar-refractivity contribution in [1.29, 1.82) is 0 Å². The summed E-state index contributed by atoms with van der Waals surface area (Å²) in [7, 11) is 0. The summed E-state index contributed by atoms with van der Waals surface area (Å²) in [4.78, 5) is 70.0. The Kier molecular flexibility index (Phi) is 38.0. The Morgan fingerprint density at radius 1 is 0.446 bits per heavy atom. The van der Waals surface area contributed by atoms with Gasteiger partial charge in [-0.3, -0.25) is 28.7 Å². The lowest BCUT2D eigenvalue weighted by Gasteiger charge is -2.14. The molecule has 0 aromatic rings. The van der Waals surface area contributed by atoms with Crippen molar-refractivity contribution in [3.05, 3.63) is 0 Å². The maximum Gasteiger partial charge on any atom is 0.326 e. The van der Waals surface area contributed by atoms with Gasteiger partial charge >= 0.3 is 11.9 Å². The SMILES string of the molecule is O=C(O)CCCCCCCCCCCCCCCCC(=O)NC(CCC(=O)NCCOCCOCC(=O)NCCOCCOCC(=O)NCCCNS)C(=O)O. The van der Waals surface area contributed by atoms with Gasteiger partial charge in [0.15, 0.2) is 0 Å². The van der Waals surface area contributed by atoms with Gasteiger partial charge in [-0.25, -0.2) is 4.79 Å². The molecule has 0 spiro atoms. The van der Waals surface area contributed by atoms with Crippen LogP contribution in [0.1, 0.15) is 122 Å². The molecule has 0 aromatic carbocycles. The number of carboxylic acid groups (broad SMARTS) is 2. The van der Waals surface area contributed by atoms with E-state index in [1.165, 1.54) is 44.9 Å². The molecule has 0 fully saturated rings. The summed E-state index contributed by atoms with van der Waals surface area (Å²) >= 11 is 3.87. The molecule has 0 aliphatic carbocycles. The van der Waals surface area contributed by atoms with Crippen LogP contribution in [0.15, 0.2) is 0 Å². The van der Waals surface area contributed by atoms with E-state index in [2.05, 4.69) is 38.8 Å². The van der Waals surface area contributed by atoms with Crippen molar-refractivity contribution in [2.24, 2.45) is 0 Å². The number of unbranched alkanes of at least 4 members (excludes halogenated alkanes) is 13. The first-order valence-electron chi connectivity index (χ1n) is 20.4. The van der Waals surface area contributed by atoms with Crippen molar-refractivity contribution in [2.45, 2.75) is 128 Å². The molecule has 18 heteroatoms. The fourth-order valence-electron chi connectivity index (χ4n) is 5.36. The average molecular weight is 822 g/mol. The normalized spacial score (nSPS) is 11.5. The zero-order valence-corrected chi connectivity index (χ0v) is 34.3. The average Bonchev–Trinajstić information content (AvgIpc) is 3.16. The Bertz CT molecular complexity index is 1040. The van der Waals surface area contributed by atoms with E-state index in [0.717, 1.165) is 44.9 Å². The first kappa shape index (κ1) is 53.0. The van der Waals surface area contributed by atoms with Gasteiger partial charge in [0.25, 0.3) is 0 Å². The maximum absolute atomic E-state index is 12.3. The molecule has 0 saturated heterocycles. The van der Waals surface area contributed by atoms with E-state index in [1.807, 2.05) is 0 Å². The molecule has 326 valence electrons. The van der Waals surface area contributed by atoms with Crippen LogP contribution < -0.4 is 26.0 Å². The van der Waals surface area contributed by atoms with Gasteiger partial charge in [0.2, 0.25) is 23.6 Å². The van der Waals surface area contributed by atoms with E-state index in [-0.39, 0.29) is 109 Å². The third-order valence-corrected chi connectivity index (χ3v) is 8.70. The van der Waals surface area contributed by atoms with Gasteiger partial charge in [-0.15, -0.1) is 0 Å². The number of rotatable bonds is 42. The van der Waals surface area contributed by atoms with E-state index in [9.17, 15) is 33.9 Å². The predicted octanol–water partition coefficient (Wildman–Crippen LogP) is 2.90. The van der Waals surface area contributed by atoms with Gasteiger partial charge in [-0.2, -0.15) is 0 Å². The highest BCUT2D eigenvalue weighted by molar-refractivity contribution is 7.78. The molecule has 0 radical (unpaired) electrons. The van der Waals surface area contributed by atoms with Gasteiger partial charge in [-0.05, 0) is 25.7 Å². The van der Waals surface area contributed by atoms with Crippen molar-refractivity contribution >= 4 is 48.4 Å². The van der Waals surface area contributed by atoms with Crippen molar-refractivity contribution in [3.8, 4) is 0 Å². The predicted molar refractivity (Wildman–Crippen MR) is 214 cm³/mol. The number of aliphatic carboxylic acids is 2. The number of amides is 4. The largest absolute Gasteiger partial charge is 0.481 e. The number of carbonyl (C=O) groups is 6. The van der Waals surface area contributed by atoms with Crippen LogP contribution >= 0.6 is 12.8 Å². The first-order valence-corrected chi connectivity index (χ1v) is 20.8. The van der Waals surface area contributed by atoms with E-state index < -0.39 is 18.0 Å². The zero-order chi connectivity index (χ0) is 41.3. The molecule has 1 atom stereocenters. The lowest BCUT2D eigenvalue weighted by molar-refractivity contribution is -0.142. The van der Waals surface area contributed by atoms with E-state index >= 15 is 0 Å². The third kappa shape index (κ3) is 39.2.